The molecular weight excluding hydrogens is 636 g/mol. The predicted molar refractivity (Wildman–Crippen MR) is 187 cm³/mol. The summed E-state index contributed by atoms with van der Waals surface area (Å²) < 4.78 is 11.6. The largest absolute Gasteiger partial charge is 0.480 e. The summed E-state index contributed by atoms with van der Waals surface area (Å²) in [6.07, 6.45) is -2.02. The van der Waals surface area contributed by atoms with E-state index in [-0.39, 0.29) is 50.7 Å². The highest BCUT2D eigenvalue weighted by Crippen LogP contribution is 2.46. The number of carboxylic acids is 2. The number of carbonyl (C=O) groups is 4. The van der Waals surface area contributed by atoms with E-state index in [4.69, 9.17) is 15.2 Å². The van der Waals surface area contributed by atoms with Crippen LogP contribution in [-0.4, -0.2) is 63.5 Å². The molecule has 0 heterocycles. The van der Waals surface area contributed by atoms with E-state index in [9.17, 15) is 29.4 Å². The number of rotatable bonds is 12. The van der Waals surface area contributed by atoms with Gasteiger partial charge in [0.2, 0.25) is 0 Å². The quantitative estimate of drug-likeness (QED) is 0.130. The number of fused-ring (bicyclic) bond motifs is 6. The van der Waals surface area contributed by atoms with Crippen LogP contribution in [0.15, 0.2) is 97.1 Å². The summed E-state index contributed by atoms with van der Waals surface area (Å²) in [6, 6.07) is 31.2. The fourth-order valence-electron chi connectivity index (χ4n) is 7.18. The summed E-state index contributed by atoms with van der Waals surface area (Å²) >= 11 is 0. The van der Waals surface area contributed by atoms with Gasteiger partial charge < -0.3 is 25.4 Å². The van der Waals surface area contributed by atoms with Crippen molar-refractivity contribution in [3.05, 3.63) is 119 Å². The molecule has 0 saturated carbocycles. The van der Waals surface area contributed by atoms with E-state index < -0.39 is 35.2 Å². The average Bonchev–Trinajstić information content (AvgIpc) is 3.60. The Kier molecular flexibility index (Phi) is 9.49. The van der Waals surface area contributed by atoms with Gasteiger partial charge in [-0.05, 0) is 71.2 Å². The topological polar surface area (TPSA) is 156 Å². The van der Waals surface area contributed by atoms with Crippen molar-refractivity contribution in [3.63, 3.8) is 0 Å². The van der Waals surface area contributed by atoms with Gasteiger partial charge in [-0.3, -0.25) is 4.79 Å². The van der Waals surface area contributed by atoms with Crippen molar-refractivity contribution in [1.29, 1.82) is 0 Å². The molecule has 2 atom stereocenters. The standard InChI is InChI=1S/C40H40N2O8/c1-39(41,35(43)44)21-11-12-22-40(2,36(45)46)42(37(47)49-23-33-29-17-7-3-13-25(29)26-14-4-8-18-30(26)33)38(48)50-24-34-31-19-9-5-15-27(31)28-16-6-10-20-32(28)34/h3-10,13-20,33-34H,11-12,21-24,41H2,1-2H3,(H,43,44)(H,45,46)/t39-,40-/m0/s1. The molecule has 0 spiro atoms. The number of nitrogens with two attached hydrogens (primary N) is 1. The summed E-state index contributed by atoms with van der Waals surface area (Å²) in [5.74, 6) is -3.28. The first-order valence-corrected chi connectivity index (χ1v) is 16.7. The molecule has 0 bridgehead atoms. The maximum atomic E-state index is 14.0. The summed E-state index contributed by atoms with van der Waals surface area (Å²) in [6.45, 7) is 2.38. The second-order valence-corrected chi connectivity index (χ2v) is 13.5. The van der Waals surface area contributed by atoms with Crippen molar-refractivity contribution in [2.24, 2.45) is 5.73 Å². The van der Waals surface area contributed by atoms with Crippen molar-refractivity contribution in [1.82, 2.24) is 4.90 Å². The minimum atomic E-state index is -2.08. The minimum Gasteiger partial charge on any atom is -0.480 e. The average molecular weight is 677 g/mol. The number of carbonyl (C=O) groups excluding carboxylic acids is 2. The van der Waals surface area contributed by atoms with Crippen LogP contribution in [0.25, 0.3) is 22.3 Å². The number of carboxylic acid groups (broad SMARTS) is 2. The number of aliphatic carboxylic acids is 2. The Balaban J connectivity index is 1.26. The first kappa shape index (κ1) is 34.4. The number of imide groups is 1. The van der Waals surface area contributed by atoms with Gasteiger partial charge in [0.15, 0.2) is 5.54 Å². The summed E-state index contributed by atoms with van der Waals surface area (Å²) in [4.78, 5) is 53.1. The van der Waals surface area contributed by atoms with Crippen LogP contribution in [0.3, 0.4) is 0 Å². The van der Waals surface area contributed by atoms with Crippen LogP contribution in [0.5, 0.6) is 0 Å². The molecular formula is C40H40N2O8. The van der Waals surface area contributed by atoms with Gasteiger partial charge in [-0.15, -0.1) is 0 Å². The van der Waals surface area contributed by atoms with Crippen LogP contribution >= 0.6 is 0 Å². The van der Waals surface area contributed by atoms with Gasteiger partial charge in [-0.25, -0.2) is 14.4 Å². The maximum absolute atomic E-state index is 14.0. The molecule has 0 aliphatic heterocycles. The third-order valence-corrected chi connectivity index (χ3v) is 10.1. The molecule has 4 aromatic carbocycles. The minimum absolute atomic E-state index is 0.0634. The first-order valence-electron chi connectivity index (χ1n) is 16.7. The van der Waals surface area contributed by atoms with Crippen LogP contribution in [-0.2, 0) is 19.1 Å². The van der Waals surface area contributed by atoms with Crippen LogP contribution < -0.4 is 5.73 Å². The van der Waals surface area contributed by atoms with Gasteiger partial charge in [0.1, 0.15) is 18.8 Å². The Morgan fingerprint density at radius 1 is 0.600 bits per heavy atom. The molecule has 10 heteroatoms. The normalized spacial score (nSPS) is 15.4. The molecule has 0 aromatic heterocycles. The third-order valence-electron chi connectivity index (χ3n) is 10.1. The maximum Gasteiger partial charge on any atom is 0.420 e. The number of benzene rings is 4. The van der Waals surface area contributed by atoms with E-state index in [1.54, 1.807) is 0 Å². The van der Waals surface area contributed by atoms with Crippen LogP contribution in [0, 0.1) is 0 Å². The zero-order valence-corrected chi connectivity index (χ0v) is 28.0. The van der Waals surface area contributed by atoms with Crippen molar-refractivity contribution < 1.29 is 38.9 Å². The molecule has 50 heavy (non-hydrogen) atoms. The molecule has 6 rings (SSSR count). The molecule has 258 valence electrons. The highest BCUT2D eigenvalue weighted by atomic mass is 16.6. The van der Waals surface area contributed by atoms with Crippen LogP contribution in [0.1, 0.15) is 73.6 Å². The molecule has 2 amide bonds. The lowest BCUT2D eigenvalue weighted by Crippen LogP contribution is -2.58. The van der Waals surface area contributed by atoms with Crippen molar-refractivity contribution >= 4 is 24.1 Å². The second-order valence-electron chi connectivity index (χ2n) is 13.5. The molecule has 4 N–H and O–H groups in total. The summed E-state index contributed by atoms with van der Waals surface area (Å²) in [5.41, 5.74) is 10.2. The number of ether oxygens (including phenoxy) is 2. The Bertz CT molecular complexity index is 1750. The van der Waals surface area contributed by atoms with Gasteiger partial charge in [-0.2, -0.15) is 4.90 Å². The molecule has 10 nitrogen and oxygen atoms in total. The van der Waals surface area contributed by atoms with Gasteiger partial charge >= 0.3 is 24.1 Å². The molecule has 0 radical (unpaired) electrons. The Morgan fingerprint density at radius 3 is 1.28 bits per heavy atom. The van der Waals surface area contributed by atoms with E-state index in [2.05, 4.69) is 0 Å². The number of nitrogens with zero attached hydrogens (tertiary/aromatic N) is 1. The molecule has 0 fully saturated rings. The lowest BCUT2D eigenvalue weighted by Gasteiger charge is -2.35. The van der Waals surface area contributed by atoms with Crippen molar-refractivity contribution in [2.75, 3.05) is 13.2 Å². The molecule has 4 aromatic rings. The fourth-order valence-corrected chi connectivity index (χ4v) is 7.18. The first-order chi connectivity index (χ1) is 23.9. The lowest BCUT2D eigenvalue weighted by atomic mass is 9.89. The van der Waals surface area contributed by atoms with Gasteiger partial charge in [-0.1, -0.05) is 110 Å². The van der Waals surface area contributed by atoms with E-state index in [1.165, 1.54) is 13.8 Å². The molecule has 0 saturated heterocycles. The number of unbranched alkanes of at least 4 members (excludes halogenated alkanes) is 1. The molecule has 0 unspecified atom stereocenters. The zero-order chi connectivity index (χ0) is 35.6. The SMILES string of the molecule is C[C@](N)(CCCC[C@@](C)(C(=O)O)N(C(=O)OCC1c2ccccc2-c2ccccc21)C(=O)OCC1c2ccccc2-c2ccccc21)C(=O)O. The van der Waals surface area contributed by atoms with E-state index in [0.717, 1.165) is 44.5 Å². The summed E-state index contributed by atoms with van der Waals surface area (Å²) in [7, 11) is 0. The van der Waals surface area contributed by atoms with Crippen LogP contribution in [0.2, 0.25) is 0 Å². The van der Waals surface area contributed by atoms with E-state index >= 15 is 0 Å². The van der Waals surface area contributed by atoms with E-state index in [0.29, 0.717) is 4.90 Å². The highest BCUT2D eigenvalue weighted by molar-refractivity contribution is 5.96. The smallest absolute Gasteiger partial charge is 0.420 e. The van der Waals surface area contributed by atoms with E-state index in [1.807, 2.05) is 97.1 Å². The van der Waals surface area contributed by atoms with Crippen molar-refractivity contribution in [2.45, 2.75) is 62.4 Å². The number of amides is 2. The zero-order valence-electron chi connectivity index (χ0n) is 28.0. The van der Waals surface area contributed by atoms with Crippen LogP contribution in [0.4, 0.5) is 9.59 Å². The summed E-state index contributed by atoms with van der Waals surface area (Å²) in [5, 5.41) is 20.0. The number of hydrogen-bond donors (Lipinski definition) is 3. The van der Waals surface area contributed by atoms with Gasteiger partial charge in [0.05, 0.1) is 0 Å². The number of hydrogen-bond acceptors (Lipinski definition) is 7. The third kappa shape index (κ3) is 6.34. The second kappa shape index (κ2) is 13.8. The predicted octanol–water partition coefficient (Wildman–Crippen LogP) is 7.39. The van der Waals surface area contributed by atoms with Crippen molar-refractivity contribution in [3.8, 4) is 22.3 Å². The molecule has 2 aliphatic carbocycles. The Hall–Kier alpha value is -5.48. The lowest BCUT2D eigenvalue weighted by molar-refractivity contribution is -0.149. The van der Waals surface area contributed by atoms with Gasteiger partial charge in [0.25, 0.3) is 0 Å². The highest BCUT2D eigenvalue weighted by Gasteiger charge is 2.49. The molecule has 2 aliphatic rings. The Morgan fingerprint density at radius 2 is 0.940 bits per heavy atom. The fraction of sp³-hybridized carbons (Fsp3) is 0.300. The monoisotopic (exact) mass is 676 g/mol. The van der Waals surface area contributed by atoms with Gasteiger partial charge in [0, 0.05) is 11.8 Å². The Labute approximate surface area is 290 Å².